The van der Waals surface area contributed by atoms with E-state index in [9.17, 15) is 4.79 Å². The van der Waals surface area contributed by atoms with Gasteiger partial charge in [0.2, 0.25) is 0 Å². The number of carbonyl (C=O) groups excluding carboxylic acids is 1. The summed E-state index contributed by atoms with van der Waals surface area (Å²) in [6, 6.07) is 4.70. The van der Waals surface area contributed by atoms with Crippen LogP contribution in [-0.2, 0) is 0 Å². The van der Waals surface area contributed by atoms with Crippen LogP contribution in [0.2, 0.25) is 0 Å². The zero-order valence-corrected chi connectivity index (χ0v) is 8.85. The zero-order valence-electron chi connectivity index (χ0n) is 8.85. The molecule has 0 atom stereocenters. The van der Waals surface area contributed by atoms with E-state index in [4.69, 9.17) is 14.7 Å². The number of hydrogen-bond acceptors (Lipinski definition) is 4. The monoisotopic (exact) mass is 211 g/mol. The second-order valence-corrected chi connectivity index (χ2v) is 2.93. The highest BCUT2D eigenvalue weighted by molar-refractivity contribution is 5.94. The van der Waals surface area contributed by atoms with Gasteiger partial charge < -0.3 is 9.47 Å². The van der Waals surface area contributed by atoms with Crippen LogP contribution in [0.5, 0.6) is 11.5 Å². The van der Waals surface area contributed by atoms with Crippen molar-refractivity contribution in [3.05, 3.63) is 23.8 Å². The first kappa shape index (κ1) is 11.3. The summed E-state index contributed by atoms with van der Waals surface area (Å²) in [5.41, 5.74) is 0.302. The van der Waals surface area contributed by atoms with Gasteiger partial charge >= 0.3 is 0 Å². The van der Waals surface area contributed by atoms with Gasteiger partial charge in [-0.05, 0) is 12.1 Å². The Balaban J connectivity index is 3.12. The summed E-state index contributed by atoms with van der Waals surface area (Å²) in [6.45, 7) is 0. The number of ether oxygens (including phenoxy) is 2. The Hall–Kier alpha value is -1.75. The van der Waals surface area contributed by atoms with Gasteiger partial charge in [-0.1, -0.05) is 0 Å². The molecule has 1 aromatic carbocycles. The van der Waals surface area contributed by atoms with Gasteiger partial charge in [0.1, 0.15) is 11.5 Å². The third kappa shape index (κ3) is 2.60. The first-order valence-electron chi connectivity index (χ1n) is 4.28. The fourth-order valence-corrected chi connectivity index (χ4v) is 1.12. The molecule has 5 nitrogen and oxygen atoms in total. The normalized spacial score (nSPS) is 9.60. The van der Waals surface area contributed by atoms with Gasteiger partial charge in [-0.15, -0.1) is 0 Å². The summed E-state index contributed by atoms with van der Waals surface area (Å²) in [6.07, 6.45) is 0. The van der Waals surface area contributed by atoms with Gasteiger partial charge in [0, 0.05) is 18.7 Å². The Morgan fingerprint density at radius 1 is 1.20 bits per heavy atom. The lowest BCUT2D eigenvalue weighted by molar-refractivity contribution is -0.0375. The van der Waals surface area contributed by atoms with E-state index < -0.39 is 5.91 Å². The molecule has 0 radical (unpaired) electrons. The SMILES string of the molecule is COc1cc(OC)cc(C(=O)N(C)O)c1. The highest BCUT2D eigenvalue weighted by atomic mass is 16.5. The van der Waals surface area contributed by atoms with Gasteiger partial charge in [0.25, 0.3) is 5.91 Å². The summed E-state index contributed by atoms with van der Waals surface area (Å²) < 4.78 is 9.99. The molecule has 1 amide bonds. The lowest BCUT2D eigenvalue weighted by atomic mass is 10.2. The molecule has 82 valence electrons. The van der Waals surface area contributed by atoms with Crippen molar-refractivity contribution in [2.75, 3.05) is 21.3 Å². The average Bonchev–Trinajstić information content (AvgIpc) is 2.27. The number of carbonyl (C=O) groups is 1. The molecule has 0 aliphatic rings. The molecule has 0 heterocycles. The first-order chi connectivity index (χ1) is 7.08. The smallest absolute Gasteiger partial charge is 0.277 e. The van der Waals surface area contributed by atoms with Crippen LogP contribution in [0.1, 0.15) is 10.4 Å². The van der Waals surface area contributed by atoms with Gasteiger partial charge in [-0.2, -0.15) is 0 Å². The molecule has 15 heavy (non-hydrogen) atoms. The summed E-state index contributed by atoms with van der Waals surface area (Å²) in [5, 5.41) is 9.51. The lowest BCUT2D eigenvalue weighted by Gasteiger charge is -2.11. The number of amides is 1. The minimum absolute atomic E-state index is 0.302. The van der Waals surface area contributed by atoms with E-state index in [-0.39, 0.29) is 0 Å². The maximum Gasteiger partial charge on any atom is 0.277 e. The Kier molecular flexibility index (Phi) is 3.51. The number of nitrogens with zero attached hydrogens (tertiary/aromatic N) is 1. The van der Waals surface area contributed by atoms with Crippen LogP contribution in [0.3, 0.4) is 0 Å². The van der Waals surface area contributed by atoms with Crippen LogP contribution in [0.25, 0.3) is 0 Å². The van der Waals surface area contributed by atoms with Crippen LogP contribution in [0, 0.1) is 0 Å². The fraction of sp³-hybridized carbons (Fsp3) is 0.300. The molecule has 0 unspecified atom stereocenters. The minimum Gasteiger partial charge on any atom is -0.497 e. The van der Waals surface area contributed by atoms with E-state index in [2.05, 4.69) is 0 Å². The van der Waals surface area contributed by atoms with E-state index in [0.717, 1.165) is 0 Å². The molecule has 1 N–H and O–H groups in total. The van der Waals surface area contributed by atoms with E-state index in [1.165, 1.54) is 33.4 Å². The van der Waals surface area contributed by atoms with Gasteiger partial charge in [-0.3, -0.25) is 10.0 Å². The highest BCUT2D eigenvalue weighted by Crippen LogP contribution is 2.22. The topological polar surface area (TPSA) is 59.0 Å². The quantitative estimate of drug-likeness (QED) is 0.602. The number of rotatable bonds is 3. The third-order valence-corrected chi connectivity index (χ3v) is 1.89. The molecule has 0 saturated carbocycles. The van der Waals surface area contributed by atoms with Gasteiger partial charge in [-0.25, -0.2) is 5.06 Å². The van der Waals surface area contributed by atoms with Crippen molar-refractivity contribution in [3.8, 4) is 11.5 Å². The van der Waals surface area contributed by atoms with Crippen LogP contribution in [0.4, 0.5) is 0 Å². The molecule has 1 aromatic rings. The van der Waals surface area contributed by atoms with Crippen molar-refractivity contribution in [2.45, 2.75) is 0 Å². The van der Waals surface area contributed by atoms with Crippen molar-refractivity contribution < 1.29 is 19.5 Å². The molecule has 0 saturated heterocycles. The second-order valence-electron chi connectivity index (χ2n) is 2.93. The van der Waals surface area contributed by atoms with Crippen LogP contribution < -0.4 is 9.47 Å². The third-order valence-electron chi connectivity index (χ3n) is 1.89. The lowest BCUT2D eigenvalue weighted by Crippen LogP contribution is -2.22. The molecule has 0 spiro atoms. The molecular weight excluding hydrogens is 198 g/mol. The molecule has 0 bridgehead atoms. The number of hydrogen-bond donors (Lipinski definition) is 1. The fourth-order valence-electron chi connectivity index (χ4n) is 1.12. The first-order valence-corrected chi connectivity index (χ1v) is 4.28. The minimum atomic E-state index is -0.521. The van der Waals surface area contributed by atoms with E-state index in [0.29, 0.717) is 22.1 Å². The second kappa shape index (κ2) is 4.65. The van der Waals surface area contributed by atoms with Gasteiger partial charge in [0.05, 0.1) is 14.2 Å². The summed E-state index contributed by atoms with van der Waals surface area (Å²) in [4.78, 5) is 11.4. The maximum absolute atomic E-state index is 11.4. The van der Waals surface area contributed by atoms with E-state index >= 15 is 0 Å². The summed E-state index contributed by atoms with van der Waals surface area (Å²) >= 11 is 0. The van der Waals surface area contributed by atoms with Crippen molar-refractivity contribution in [3.63, 3.8) is 0 Å². The molecule has 5 heteroatoms. The summed E-state index contributed by atoms with van der Waals surface area (Å²) in [7, 11) is 4.24. The molecule has 0 aliphatic heterocycles. The Labute approximate surface area is 87.8 Å². The Bertz CT molecular complexity index is 340. The van der Waals surface area contributed by atoms with Crippen LogP contribution in [0.15, 0.2) is 18.2 Å². The number of methoxy groups -OCH3 is 2. The Morgan fingerprint density at radius 3 is 2.00 bits per heavy atom. The van der Waals surface area contributed by atoms with E-state index in [1.54, 1.807) is 6.07 Å². The standard InChI is InChI=1S/C10H13NO4/c1-11(13)10(12)7-4-8(14-2)6-9(5-7)15-3/h4-6,13H,1-3H3. The zero-order chi connectivity index (χ0) is 11.4. The van der Waals surface area contributed by atoms with Crippen LogP contribution in [-0.4, -0.2) is 37.4 Å². The summed E-state index contributed by atoms with van der Waals surface area (Å²) in [5.74, 6) is 0.478. The van der Waals surface area contributed by atoms with Crippen LogP contribution >= 0.6 is 0 Å². The van der Waals surface area contributed by atoms with Crippen molar-refractivity contribution >= 4 is 5.91 Å². The molecule has 0 aromatic heterocycles. The Morgan fingerprint density at radius 2 is 1.67 bits per heavy atom. The molecule has 0 fully saturated rings. The number of hydroxylamine groups is 2. The maximum atomic E-state index is 11.4. The average molecular weight is 211 g/mol. The number of benzene rings is 1. The molecular formula is C10H13NO4. The van der Waals surface area contributed by atoms with Crippen molar-refractivity contribution in [1.29, 1.82) is 0 Å². The molecule has 0 aliphatic carbocycles. The van der Waals surface area contributed by atoms with Crippen molar-refractivity contribution in [2.24, 2.45) is 0 Å². The largest absolute Gasteiger partial charge is 0.497 e. The van der Waals surface area contributed by atoms with Crippen molar-refractivity contribution in [1.82, 2.24) is 5.06 Å². The van der Waals surface area contributed by atoms with Gasteiger partial charge in [0.15, 0.2) is 0 Å². The predicted octanol–water partition coefficient (Wildman–Crippen LogP) is 1.17. The molecule has 1 rings (SSSR count). The predicted molar refractivity (Wildman–Crippen MR) is 53.4 cm³/mol. The highest BCUT2D eigenvalue weighted by Gasteiger charge is 2.12. The van der Waals surface area contributed by atoms with E-state index in [1.807, 2.05) is 0 Å².